The number of nitrogens with one attached hydrogen (secondary N) is 1. The Morgan fingerprint density at radius 2 is 1.59 bits per heavy atom. The van der Waals surface area contributed by atoms with Gasteiger partial charge in [-0.1, -0.05) is 76.0 Å². The Kier molecular flexibility index (Phi) is 9.98. The van der Waals surface area contributed by atoms with E-state index in [0.717, 1.165) is 24.1 Å². The molecular weight excluding hydrogens is 294 g/mol. The van der Waals surface area contributed by atoms with Crippen LogP contribution in [0, 0.1) is 6.92 Å². The molecule has 22 heavy (non-hydrogen) atoms. The number of carbonyl (C=O) groups excluding carboxylic acids is 1. The first kappa shape index (κ1) is 19.0. The van der Waals surface area contributed by atoms with Crippen LogP contribution in [0.15, 0.2) is 18.2 Å². The Hall–Kier alpha value is -1.02. The smallest absolute Gasteiger partial charge is 0.224 e. The van der Waals surface area contributed by atoms with E-state index in [9.17, 15) is 4.79 Å². The molecule has 124 valence electrons. The highest BCUT2D eigenvalue weighted by Crippen LogP contribution is 2.20. The van der Waals surface area contributed by atoms with E-state index in [1.54, 1.807) is 0 Å². The summed E-state index contributed by atoms with van der Waals surface area (Å²) in [5, 5.41) is 3.61. The standard InChI is InChI=1S/C19H30ClNO/c1-3-4-5-6-7-8-9-10-11-12-19(22)21-17-14-13-16(2)18(20)15-17/h13-15H,3-12H2,1-2H3,(H,21,22). The molecule has 0 radical (unpaired) electrons. The molecule has 0 aromatic heterocycles. The number of hydrogen-bond acceptors (Lipinski definition) is 1. The fourth-order valence-electron chi connectivity index (χ4n) is 2.49. The molecule has 1 rings (SSSR count). The van der Waals surface area contributed by atoms with Crippen LogP contribution in [0.2, 0.25) is 5.02 Å². The maximum Gasteiger partial charge on any atom is 0.224 e. The van der Waals surface area contributed by atoms with E-state index in [0.29, 0.717) is 11.4 Å². The van der Waals surface area contributed by atoms with Crippen molar-refractivity contribution < 1.29 is 4.79 Å². The van der Waals surface area contributed by atoms with Crippen LogP contribution in [0.3, 0.4) is 0 Å². The third-order valence-electron chi connectivity index (χ3n) is 3.96. The first-order valence-electron chi connectivity index (χ1n) is 8.69. The lowest BCUT2D eigenvalue weighted by Gasteiger charge is -2.07. The fourth-order valence-corrected chi connectivity index (χ4v) is 2.67. The maximum atomic E-state index is 11.9. The summed E-state index contributed by atoms with van der Waals surface area (Å²) in [6, 6.07) is 5.64. The van der Waals surface area contributed by atoms with Crippen LogP contribution in [0.25, 0.3) is 0 Å². The maximum absolute atomic E-state index is 11.9. The zero-order valence-corrected chi connectivity index (χ0v) is 14.8. The van der Waals surface area contributed by atoms with Crippen molar-refractivity contribution in [1.29, 1.82) is 0 Å². The molecule has 0 bridgehead atoms. The van der Waals surface area contributed by atoms with E-state index in [4.69, 9.17) is 11.6 Å². The molecule has 0 spiro atoms. The number of anilines is 1. The van der Waals surface area contributed by atoms with Gasteiger partial charge in [0, 0.05) is 17.1 Å². The van der Waals surface area contributed by atoms with Crippen molar-refractivity contribution in [2.45, 2.75) is 78.1 Å². The average molecular weight is 324 g/mol. The predicted molar refractivity (Wildman–Crippen MR) is 96.7 cm³/mol. The van der Waals surface area contributed by atoms with Gasteiger partial charge in [0.25, 0.3) is 0 Å². The first-order chi connectivity index (χ1) is 10.6. The molecule has 3 heteroatoms. The van der Waals surface area contributed by atoms with Crippen molar-refractivity contribution in [1.82, 2.24) is 0 Å². The Balaban J connectivity index is 2.05. The van der Waals surface area contributed by atoms with Gasteiger partial charge in [0.15, 0.2) is 0 Å². The van der Waals surface area contributed by atoms with Crippen LogP contribution in [-0.2, 0) is 4.79 Å². The molecule has 0 fully saturated rings. The van der Waals surface area contributed by atoms with Crippen molar-refractivity contribution in [3.63, 3.8) is 0 Å². The third-order valence-corrected chi connectivity index (χ3v) is 4.37. The van der Waals surface area contributed by atoms with Gasteiger partial charge >= 0.3 is 0 Å². The van der Waals surface area contributed by atoms with Gasteiger partial charge in [0.2, 0.25) is 5.91 Å². The molecule has 0 aliphatic carbocycles. The molecule has 0 heterocycles. The molecule has 0 aliphatic heterocycles. The fraction of sp³-hybridized carbons (Fsp3) is 0.632. The predicted octanol–water partition coefficient (Wildman–Crippen LogP) is 6.51. The lowest BCUT2D eigenvalue weighted by molar-refractivity contribution is -0.116. The third kappa shape index (κ3) is 8.43. The number of hydrogen-bond donors (Lipinski definition) is 1. The Labute approximate surface area is 140 Å². The van der Waals surface area contributed by atoms with Crippen LogP contribution in [-0.4, -0.2) is 5.91 Å². The second kappa shape index (κ2) is 11.5. The Bertz CT molecular complexity index is 445. The summed E-state index contributed by atoms with van der Waals surface area (Å²) in [5.41, 5.74) is 1.81. The molecule has 0 aliphatic rings. The van der Waals surface area contributed by atoms with E-state index in [2.05, 4.69) is 12.2 Å². The number of unbranched alkanes of at least 4 members (excludes halogenated alkanes) is 8. The number of rotatable bonds is 11. The van der Waals surface area contributed by atoms with Gasteiger partial charge < -0.3 is 5.32 Å². The molecule has 1 aromatic rings. The van der Waals surface area contributed by atoms with E-state index >= 15 is 0 Å². The molecule has 1 amide bonds. The van der Waals surface area contributed by atoms with Gasteiger partial charge in [0.05, 0.1) is 0 Å². The summed E-state index contributed by atoms with van der Waals surface area (Å²) in [7, 11) is 0. The second-order valence-electron chi connectivity index (χ2n) is 6.09. The van der Waals surface area contributed by atoms with Crippen LogP contribution >= 0.6 is 11.6 Å². The van der Waals surface area contributed by atoms with Crippen molar-refractivity contribution in [3.8, 4) is 0 Å². The number of amides is 1. The topological polar surface area (TPSA) is 29.1 Å². The highest BCUT2D eigenvalue weighted by molar-refractivity contribution is 6.31. The summed E-state index contributed by atoms with van der Waals surface area (Å²) >= 11 is 6.05. The summed E-state index contributed by atoms with van der Waals surface area (Å²) in [4.78, 5) is 11.9. The number of carbonyl (C=O) groups is 1. The second-order valence-corrected chi connectivity index (χ2v) is 6.50. The van der Waals surface area contributed by atoms with Crippen molar-refractivity contribution in [3.05, 3.63) is 28.8 Å². The molecule has 0 unspecified atom stereocenters. The lowest BCUT2D eigenvalue weighted by atomic mass is 10.1. The molecule has 0 saturated heterocycles. The molecular formula is C19H30ClNO. The van der Waals surface area contributed by atoms with Gasteiger partial charge in [-0.15, -0.1) is 0 Å². The number of halogens is 1. The highest BCUT2D eigenvalue weighted by Gasteiger charge is 2.04. The molecule has 0 saturated carbocycles. The van der Waals surface area contributed by atoms with E-state index in [-0.39, 0.29) is 5.91 Å². The van der Waals surface area contributed by atoms with Gasteiger partial charge in [-0.05, 0) is 31.0 Å². The van der Waals surface area contributed by atoms with Crippen molar-refractivity contribution >= 4 is 23.2 Å². The Morgan fingerprint density at radius 1 is 1.00 bits per heavy atom. The zero-order chi connectivity index (χ0) is 16.2. The molecule has 0 atom stereocenters. The summed E-state index contributed by atoms with van der Waals surface area (Å²) in [6.45, 7) is 4.20. The van der Waals surface area contributed by atoms with E-state index in [1.807, 2.05) is 25.1 Å². The van der Waals surface area contributed by atoms with Crippen LogP contribution in [0.1, 0.15) is 76.7 Å². The number of aryl methyl sites for hydroxylation is 1. The normalized spacial score (nSPS) is 10.7. The van der Waals surface area contributed by atoms with Crippen LogP contribution < -0.4 is 5.32 Å². The average Bonchev–Trinajstić information content (AvgIpc) is 2.49. The molecule has 1 N–H and O–H groups in total. The Morgan fingerprint density at radius 3 is 2.18 bits per heavy atom. The SMILES string of the molecule is CCCCCCCCCCCC(=O)Nc1ccc(C)c(Cl)c1. The van der Waals surface area contributed by atoms with Gasteiger partial charge in [0.1, 0.15) is 0 Å². The van der Waals surface area contributed by atoms with E-state index in [1.165, 1.54) is 44.9 Å². The van der Waals surface area contributed by atoms with E-state index < -0.39 is 0 Å². The highest BCUT2D eigenvalue weighted by atomic mass is 35.5. The summed E-state index contributed by atoms with van der Waals surface area (Å²) in [5.74, 6) is 0.0860. The first-order valence-corrected chi connectivity index (χ1v) is 9.07. The van der Waals surface area contributed by atoms with Gasteiger partial charge in [-0.25, -0.2) is 0 Å². The summed E-state index contributed by atoms with van der Waals surface area (Å²) < 4.78 is 0. The quantitative estimate of drug-likeness (QED) is 0.462. The molecule has 2 nitrogen and oxygen atoms in total. The van der Waals surface area contributed by atoms with Gasteiger partial charge in [-0.3, -0.25) is 4.79 Å². The monoisotopic (exact) mass is 323 g/mol. The largest absolute Gasteiger partial charge is 0.326 e. The van der Waals surface area contributed by atoms with Crippen molar-refractivity contribution in [2.24, 2.45) is 0 Å². The van der Waals surface area contributed by atoms with Crippen LogP contribution in [0.5, 0.6) is 0 Å². The molecule has 1 aromatic carbocycles. The summed E-state index contributed by atoms with van der Waals surface area (Å²) in [6.07, 6.45) is 12.0. The van der Waals surface area contributed by atoms with Gasteiger partial charge in [-0.2, -0.15) is 0 Å². The minimum absolute atomic E-state index is 0.0860. The lowest BCUT2D eigenvalue weighted by Crippen LogP contribution is -2.11. The van der Waals surface area contributed by atoms with Crippen molar-refractivity contribution in [2.75, 3.05) is 5.32 Å². The minimum Gasteiger partial charge on any atom is -0.326 e. The zero-order valence-electron chi connectivity index (χ0n) is 14.1. The number of benzene rings is 1. The van der Waals surface area contributed by atoms with Crippen LogP contribution in [0.4, 0.5) is 5.69 Å². The minimum atomic E-state index is 0.0860.